The maximum Gasteiger partial charge on any atom is 0.136 e. The molecule has 1 aromatic rings. The number of anilines is 1. The summed E-state index contributed by atoms with van der Waals surface area (Å²) in [6, 6.07) is 1.04. The molecule has 0 bridgehead atoms. The van der Waals surface area contributed by atoms with E-state index in [1.807, 2.05) is 6.20 Å². The van der Waals surface area contributed by atoms with Crippen molar-refractivity contribution in [3.8, 4) is 0 Å². The van der Waals surface area contributed by atoms with Crippen LogP contribution in [0.5, 0.6) is 0 Å². The Kier molecular flexibility index (Phi) is 4.17. The Morgan fingerprint density at radius 1 is 1.39 bits per heavy atom. The summed E-state index contributed by atoms with van der Waals surface area (Å²) >= 11 is 0. The number of hydrogen-bond donors (Lipinski definition) is 1. The van der Waals surface area contributed by atoms with Gasteiger partial charge in [-0.15, -0.1) is 0 Å². The van der Waals surface area contributed by atoms with Crippen LogP contribution >= 0.6 is 0 Å². The third-order valence-corrected chi connectivity index (χ3v) is 3.71. The zero-order chi connectivity index (χ0) is 13.1. The van der Waals surface area contributed by atoms with Crippen LogP contribution in [0.15, 0.2) is 12.5 Å². The highest BCUT2D eigenvalue weighted by molar-refractivity contribution is 5.45. The van der Waals surface area contributed by atoms with Crippen LogP contribution in [-0.4, -0.2) is 29.1 Å². The number of aromatic nitrogens is 2. The highest BCUT2D eigenvalue weighted by atomic mass is 15.2. The van der Waals surface area contributed by atoms with E-state index in [2.05, 4.69) is 48.0 Å². The van der Waals surface area contributed by atoms with E-state index < -0.39 is 0 Å². The first kappa shape index (κ1) is 13.3. The predicted molar refractivity (Wildman–Crippen MR) is 74.6 cm³/mol. The highest BCUT2D eigenvalue weighted by Crippen LogP contribution is 2.36. The van der Waals surface area contributed by atoms with Crippen LogP contribution in [0.1, 0.15) is 39.2 Å². The molecule has 100 valence electrons. The molecule has 1 aliphatic carbocycles. The Bertz CT molecular complexity index is 387. The lowest BCUT2D eigenvalue weighted by atomic mass is 10.1. The molecular formula is C14H24N4. The molecular weight excluding hydrogens is 224 g/mol. The Hall–Kier alpha value is -1.16. The van der Waals surface area contributed by atoms with Gasteiger partial charge in [0, 0.05) is 37.4 Å². The number of nitrogens with zero attached hydrogens (tertiary/aromatic N) is 3. The van der Waals surface area contributed by atoms with Crippen molar-refractivity contribution in [2.75, 3.05) is 11.9 Å². The molecule has 2 rings (SSSR count). The van der Waals surface area contributed by atoms with Crippen LogP contribution in [0.3, 0.4) is 0 Å². The van der Waals surface area contributed by atoms with Crippen molar-refractivity contribution in [2.45, 2.75) is 52.2 Å². The molecule has 1 heterocycles. The summed E-state index contributed by atoms with van der Waals surface area (Å²) in [6.07, 6.45) is 6.28. The van der Waals surface area contributed by atoms with Crippen LogP contribution in [0.4, 0.5) is 5.82 Å². The van der Waals surface area contributed by atoms with Crippen LogP contribution in [0.2, 0.25) is 0 Å². The molecule has 1 N–H and O–H groups in total. The van der Waals surface area contributed by atoms with Gasteiger partial charge in [0.25, 0.3) is 0 Å². The van der Waals surface area contributed by atoms with E-state index in [0.717, 1.165) is 18.3 Å². The first-order valence-corrected chi connectivity index (χ1v) is 6.84. The van der Waals surface area contributed by atoms with Gasteiger partial charge in [-0.05, 0) is 25.7 Å². The van der Waals surface area contributed by atoms with Crippen molar-refractivity contribution in [2.24, 2.45) is 5.92 Å². The van der Waals surface area contributed by atoms with E-state index in [1.165, 1.54) is 18.4 Å². The Morgan fingerprint density at radius 2 is 2.11 bits per heavy atom. The molecule has 4 heteroatoms. The van der Waals surface area contributed by atoms with E-state index in [1.54, 1.807) is 6.33 Å². The van der Waals surface area contributed by atoms with Crippen molar-refractivity contribution in [1.29, 1.82) is 0 Å². The second kappa shape index (κ2) is 5.65. The molecule has 0 saturated heterocycles. The molecule has 0 amide bonds. The first-order chi connectivity index (χ1) is 8.59. The van der Waals surface area contributed by atoms with E-state index in [0.29, 0.717) is 12.1 Å². The average Bonchev–Trinajstić information content (AvgIpc) is 3.19. The summed E-state index contributed by atoms with van der Waals surface area (Å²) in [5.41, 5.74) is 1.18. The monoisotopic (exact) mass is 248 g/mol. The summed E-state index contributed by atoms with van der Waals surface area (Å²) < 4.78 is 0. The minimum absolute atomic E-state index is 0.476. The van der Waals surface area contributed by atoms with Crippen molar-refractivity contribution >= 4 is 5.82 Å². The minimum Gasteiger partial charge on any atom is -0.356 e. The molecule has 0 radical (unpaired) electrons. The first-order valence-electron chi connectivity index (χ1n) is 6.84. The summed E-state index contributed by atoms with van der Waals surface area (Å²) in [4.78, 5) is 10.9. The Morgan fingerprint density at radius 3 is 2.72 bits per heavy atom. The van der Waals surface area contributed by atoms with Crippen LogP contribution in [0, 0.1) is 5.92 Å². The SMILES string of the molecule is CC(C)NCc1cncnc1N(C)C(C)C1CC1. The van der Waals surface area contributed by atoms with Crippen LogP contribution < -0.4 is 10.2 Å². The molecule has 1 aromatic heterocycles. The average molecular weight is 248 g/mol. The summed E-state index contributed by atoms with van der Waals surface area (Å²) in [6.45, 7) is 7.43. The van der Waals surface area contributed by atoms with Gasteiger partial charge in [-0.3, -0.25) is 0 Å². The second-order valence-electron chi connectivity index (χ2n) is 5.60. The minimum atomic E-state index is 0.476. The fourth-order valence-electron chi connectivity index (χ4n) is 2.20. The lowest BCUT2D eigenvalue weighted by Gasteiger charge is -2.27. The highest BCUT2D eigenvalue weighted by Gasteiger charge is 2.31. The summed E-state index contributed by atoms with van der Waals surface area (Å²) in [7, 11) is 2.14. The van der Waals surface area contributed by atoms with Gasteiger partial charge in [0.2, 0.25) is 0 Å². The topological polar surface area (TPSA) is 41.1 Å². The van der Waals surface area contributed by atoms with E-state index >= 15 is 0 Å². The maximum atomic E-state index is 4.46. The van der Waals surface area contributed by atoms with Gasteiger partial charge in [-0.1, -0.05) is 13.8 Å². The Balaban J connectivity index is 2.10. The molecule has 1 fully saturated rings. The summed E-state index contributed by atoms with van der Waals surface area (Å²) in [5.74, 6) is 1.91. The van der Waals surface area contributed by atoms with Crippen molar-refractivity contribution in [1.82, 2.24) is 15.3 Å². The van der Waals surface area contributed by atoms with Gasteiger partial charge in [0.15, 0.2) is 0 Å². The largest absolute Gasteiger partial charge is 0.356 e. The van der Waals surface area contributed by atoms with Crippen LogP contribution in [-0.2, 0) is 6.54 Å². The fourth-order valence-corrected chi connectivity index (χ4v) is 2.20. The van der Waals surface area contributed by atoms with Crippen LogP contribution in [0.25, 0.3) is 0 Å². The third-order valence-electron chi connectivity index (χ3n) is 3.71. The van der Waals surface area contributed by atoms with Crippen molar-refractivity contribution < 1.29 is 0 Å². The molecule has 1 saturated carbocycles. The predicted octanol–water partition coefficient (Wildman–Crippen LogP) is 2.21. The van der Waals surface area contributed by atoms with E-state index in [4.69, 9.17) is 0 Å². The van der Waals surface area contributed by atoms with Gasteiger partial charge in [-0.2, -0.15) is 0 Å². The standard InChI is InChI=1S/C14H24N4/c1-10(2)16-8-13-7-15-9-17-14(13)18(4)11(3)12-5-6-12/h7,9-12,16H,5-6,8H2,1-4H3. The normalized spacial score (nSPS) is 16.9. The van der Waals surface area contributed by atoms with Gasteiger partial charge in [-0.25, -0.2) is 9.97 Å². The molecule has 1 unspecified atom stereocenters. The zero-order valence-corrected chi connectivity index (χ0v) is 11.8. The quantitative estimate of drug-likeness (QED) is 0.838. The van der Waals surface area contributed by atoms with Gasteiger partial charge in [0.05, 0.1) is 0 Å². The number of hydrogen-bond acceptors (Lipinski definition) is 4. The lowest BCUT2D eigenvalue weighted by molar-refractivity contribution is 0.574. The molecule has 0 aromatic carbocycles. The van der Waals surface area contributed by atoms with Crippen molar-refractivity contribution in [3.05, 3.63) is 18.1 Å². The third kappa shape index (κ3) is 3.19. The zero-order valence-electron chi connectivity index (χ0n) is 11.8. The van der Waals surface area contributed by atoms with Crippen molar-refractivity contribution in [3.63, 3.8) is 0 Å². The fraction of sp³-hybridized carbons (Fsp3) is 0.714. The molecule has 1 aliphatic rings. The van der Waals surface area contributed by atoms with E-state index in [9.17, 15) is 0 Å². The van der Waals surface area contributed by atoms with E-state index in [-0.39, 0.29) is 0 Å². The maximum absolute atomic E-state index is 4.46. The van der Waals surface area contributed by atoms with Gasteiger partial charge in [0.1, 0.15) is 12.1 Å². The molecule has 0 spiro atoms. The molecule has 1 atom stereocenters. The molecule has 0 aliphatic heterocycles. The summed E-state index contributed by atoms with van der Waals surface area (Å²) in [5, 5.41) is 3.43. The second-order valence-corrected chi connectivity index (χ2v) is 5.60. The van der Waals surface area contributed by atoms with Gasteiger partial charge >= 0.3 is 0 Å². The molecule has 18 heavy (non-hydrogen) atoms. The van der Waals surface area contributed by atoms with Gasteiger partial charge < -0.3 is 10.2 Å². The molecule has 4 nitrogen and oxygen atoms in total. The smallest absolute Gasteiger partial charge is 0.136 e. The Labute approximate surface area is 110 Å². The lowest BCUT2D eigenvalue weighted by Crippen LogP contribution is -2.33. The number of rotatable bonds is 6. The number of nitrogens with one attached hydrogen (secondary N) is 1.